The van der Waals surface area contributed by atoms with Crippen LogP contribution >= 0.6 is 0 Å². The van der Waals surface area contributed by atoms with Crippen LogP contribution in [0.2, 0.25) is 0 Å². The molecule has 144 valence electrons. The first-order chi connectivity index (χ1) is 13.4. The minimum atomic E-state index is -0.357. The molecule has 0 saturated carbocycles. The Kier molecular flexibility index (Phi) is 5.79. The molecule has 3 rings (SSSR count). The first-order valence-electron chi connectivity index (χ1n) is 8.88. The van der Waals surface area contributed by atoms with Crippen molar-refractivity contribution in [3.05, 3.63) is 77.2 Å². The van der Waals surface area contributed by atoms with Gasteiger partial charge in [0.25, 0.3) is 11.8 Å². The number of carbonyl (C=O) groups excluding carboxylic acids is 2. The molecule has 2 N–H and O–H groups in total. The highest BCUT2D eigenvalue weighted by molar-refractivity contribution is 6.03. The van der Waals surface area contributed by atoms with Crippen molar-refractivity contribution >= 4 is 23.2 Å². The van der Waals surface area contributed by atoms with Gasteiger partial charge in [0.15, 0.2) is 12.4 Å². The number of benzene rings is 2. The molecule has 28 heavy (non-hydrogen) atoms. The number of ether oxygens (including phenoxy) is 1. The van der Waals surface area contributed by atoms with Gasteiger partial charge in [0.05, 0.1) is 6.26 Å². The second kappa shape index (κ2) is 8.43. The predicted octanol–water partition coefficient (Wildman–Crippen LogP) is 4.47. The number of amides is 2. The van der Waals surface area contributed by atoms with Gasteiger partial charge in [0.1, 0.15) is 5.75 Å². The molecule has 1 heterocycles. The summed E-state index contributed by atoms with van der Waals surface area (Å²) in [5, 5.41) is 5.56. The number of anilines is 2. The van der Waals surface area contributed by atoms with Gasteiger partial charge in [-0.3, -0.25) is 9.59 Å². The van der Waals surface area contributed by atoms with Crippen molar-refractivity contribution in [2.24, 2.45) is 0 Å². The van der Waals surface area contributed by atoms with E-state index in [0.717, 1.165) is 11.1 Å². The second-order valence-corrected chi connectivity index (χ2v) is 6.54. The van der Waals surface area contributed by atoms with Crippen LogP contribution in [0.1, 0.15) is 27.2 Å². The van der Waals surface area contributed by atoms with E-state index in [4.69, 9.17) is 9.15 Å². The van der Waals surface area contributed by atoms with Gasteiger partial charge in [0, 0.05) is 11.4 Å². The molecule has 0 unspecified atom stereocenters. The Hall–Kier alpha value is -3.54. The Bertz CT molecular complexity index is 994. The lowest BCUT2D eigenvalue weighted by atomic mass is 10.1. The molecule has 0 atom stereocenters. The van der Waals surface area contributed by atoms with E-state index in [0.29, 0.717) is 17.1 Å². The highest BCUT2D eigenvalue weighted by Gasteiger charge is 2.11. The summed E-state index contributed by atoms with van der Waals surface area (Å²) in [6.07, 6.45) is 1.44. The van der Waals surface area contributed by atoms with Gasteiger partial charge in [-0.1, -0.05) is 12.1 Å². The van der Waals surface area contributed by atoms with Crippen molar-refractivity contribution in [2.75, 3.05) is 17.2 Å². The minimum Gasteiger partial charge on any atom is -0.484 e. The van der Waals surface area contributed by atoms with Crippen molar-refractivity contribution < 1.29 is 18.7 Å². The van der Waals surface area contributed by atoms with Gasteiger partial charge >= 0.3 is 0 Å². The summed E-state index contributed by atoms with van der Waals surface area (Å²) in [5.74, 6) is 0.224. The zero-order valence-corrected chi connectivity index (χ0v) is 16.0. The molecule has 6 nitrogen and oxygen atoms in total. The summed E-state index contributed by atoms with van der Waals surface area (Å²) in [6, 6.07) is 14.2. The van der Waals surface area contributed by atoms with E-state index in [1.807, 2.05) is 45.0 Å². The number of hydrogen-bond acceptors (Lipinski definition) is 4. The lowest BCUT2D eigenvalue weighted by Crippen LogP contribution is -2.21. The molecule has 0 saturated heterocycles. The predicted molar refractivity (Wildman–Crippen MR) is 108 cm³/mol. The lowest BCUT2D eigenvalue weighted by Gasteiger charge is -2.12. The molecule has 0 aliphatic carbocycles. The zero-order valence-electron chi connectivity index (χ0n) is 16.0. The fourth-order valence-electron chi connectivity index (χ4n) is 2.57. The second-order valence-electron chi connectivity index (χ2n) is 6.54. The summed E-state index contributed by atoms with van der Waals surface area (Å²) in [6.45, 7) is 5.78. The molecule has 0 fully saturated rings. The minimum absolute atomic E-state index is 0.106. The van der Waals surface area contributed by atoms with Crippen LogP contribution in [0, 0.1) is 20.8 Å². The van der Waals surface area contributed by atoms with E-state index < -0.39 is 0 Å². The molecular weight excluding hydrogens is 356 g/mol. The highest BCUT2D eigenvalue weighted by Crippen LogP contribution is 2.21. The SMILES string of the molecule is Cc1ccc(OCC(=O)Nc2cc(NC(=O)c3ccco3)ccc2C)cc1C. The maximum atomic E-state index is 12.3. The van der Waals surface area contributed by atoms with E-state index >= 15 is 0 Å². The van der Waals surface area contributed by atoms with Crippen molar-refractivity contribution in [2.45, 2.75) is 20.8 Å². The zero-order chi connectivity index (χ0) is 20.1. The van der Waals surface area contributed by atoms with Gasteiger partial charge in [-0.15, -0.1) is 0 Å². The molecular formula is C22H22N2O4. The van der Waals surface area contributed by atoms with Crippen molar-refractivity contribution in [1.82, 2.24) is 0 Å². The van der Waals surface area contributed by atoms with Crippen LogP contribution in [-0.2, 0) is 4.79 Å². The van der Waals surface area contributed by atoms with Gasteiger partial charge < -0.3 is 19.8 Å². The molecule has 2 amide bonds. The van der Waals surface area contributed by atoms with Crippen LogP contribution in [0.5, 0.6) is 5.75 Å². The molecule has 0 spiro atoms. The van der Waals surface area contributed by atoms with Crippen LogP contribution in [0.15, 0.2) is 59.2 Å². The smallest absolute Gasteiger partial charge is 0.291 e. The highest BCUT2D eigenvalue weighted by atomic mass is 16.5. The quantitative estimate of drug-likeness (QED) is 0.663. The third-order valence-electron chi connectivity index (χ3n) is 4.36. The van der Waals surface area contributed by atoms with E-state index in [9.17, 15) is 9.59 Å². The molecule has 0 radical (unpaired) electrons. The van der Waals surface area contributed by atoms with E-state index in [2.05, 4.69) is 10.6 Å². The normalized spacial score (nSPS) is 10.4. The average Bonchev–Trinajstić information content (AvgIpc) is 3.20. The number of hydrogen-bond donors (Lipinski definition) is 2. The Labute approximate surface area is 163 Å². The average molecular weight is 378 g/mol. The number of carbonyl (C=O) groups is 2. The number of aryl methyl sites for hydroxylation is 3. The molecule has 0 aliphatic rings. The summed E-state index contributed by atoms with van der Waals surface area (Å²) in [7, 11) is 0. The van der Waals surface area contributed by atoms with E-state index in [1.54, 1.807) is 24.3 Å². The molecule has 0 aliphatic heterocycles. The van der Waals surface area contributed by atoms with Crippen molar-refractivity contribution in [3.8, 4) is 5.75 Å². The summed E-state index contributed by atoms with van der Waals surface area (Å²) >= 11 is 0. The molecule has 2 aromatic carbocycles. The van der Waals surface area contributed by atoms with Crippen molar-refractivity contribution in [1.29, 1.82) is 0 Å². The van der Waals surface area contributed by atoms with Crippen LogP contribution in [0.25, 0.3) is 0 Å². The third-order valence-corrected chi connectivity index (χ3v) is 4.36. The number of nitrogens with one attached hydrogen (secondary N) is 2. The molecule has 0 bridgehead atoms. The summed E-state index contributed by atoms with van der Waals surface area (Å²) in [4.78, 5) is 24.4. The number of furan rings is 1. The number of rotatable bonds is 6. The monoisotopic (exact) mass is 378 g/mol. The van der Waals surface area contributed by atoms with Gasteiger partial charge in [-0.25, -0.2) is 0 Å². The Morgan fingerprint density at radius 2 is 1.71 bits per heavy atom. The van der Waals surface area contributed by atoms with Crippen LogP contribution in [-0.4, -0.2) is 18.4 Å². The summed E-state index contributed by atoms with van der Waals surface area (Å²) < 4.78 is 10.6. The standard InChI is InChI=1S/C22H22N2O4/c1-14-7-9-18(11-16(14)3)28-13-21(25)24-19-12-17(8-6-15(19)2)23-22(26)20-5-4-10-27-20/h4-12H,13H2,1-3H3,(H,23,26)(H,24,25). The van der Waals surface area contributed by atoms with Gasteiger partial charge in [0.2, 0.25) is 0 Å². The van der Waals surface area contributed by atoms with Crippen molar-refractivity contribution in [3.63, 3.8) is 0 Å². The van der Waals surface area contributed by atoms with Gasteiger partial charge in [-0.05, 0) is 73.9 Å². The molecule has 6 heteroatoms. The van der Waals surface area contributed by atoms with Crippen LogP contribution in [0.3, 0.4) is 0 Å². The van der Waals surface area contributed by atoms with Crippen LogP contribution < -0.4 is 15.4 Å². The largest absolute Gasteiger partial charge is 0.484 e. The van der Waals surface area contributed by atoms with Crippen LogP contribution in [0.4, 0.5) is 11.4 Å². The first-order valence-corrected chi connectivity index (χ1v) is 8.88. The Balaban J connectivity index is 1.61. The third kappa shape index (κ3) is 4.79. The van der Waals surface area contributed by atoms with Gasteiger partial charge in [-0.2, -0.15) is 0 Å². The summed E-state index contributed by atoms with van der Waals surface area (Å²) in [5.41, 5.74) is 4.30. The topological polar surface area (TPSA) is 80.6 Å². The van der Waals surface area contributed by atoms with E-state index in [-0.39, 0.29) is 24.2 Å². The fourth-order valence-corrected chi connectivity index (χ4v) is 2.57. The Morgan fingerprint density at radius 3 is 2.43 bits per heavy atom. The lowest BCUT2D eigenvalue weighted by molar-refractivity contribution is -0.118. The maximum absolute atomic E-state index is 12.3. The molecule has 3 aromatic rings. The maximum Gasteiger partial charge on any atom is 0.291 e. The first kappa shape index (κ1) is 19.2. The fraction of sp³-hybridized carbons (Fsp3) is 0.182. The van der Waals surface area contributed by atoms with E-state index in [1.165, 1.54) is 11.8 Å². The Morgan fingerprint density at radius 1 is 0.929 bits per heavy atom. The molecule has 1 aromatic heterocycles.